The number of nitrogen functional groups attached to an aromatic ring is 1. The van der Waals surface area contributed by atoms with Crippen LogP contribution in [0, 0.1) is 5.92 Å². The number of benzene rings is 1. The SMILES string of the molecule is CNc1cc(N2CCC(C)(O)CC2)c(C(=O)NC2CCC(C(F)(F)F)CC2)cc1N. The van der Waals surface area contributed by atoms with Gasteiger partial charge in [-0.05, 0) is 57.6 Å². The number of piperidine rings is 1. The number of nitrogens with two attached hydrogens (primary N) is 1. The van der Waals surface area contributed by atoms with Gasteiger partial charge in [-0.2, -0.15) is 13.2 Å². The number of hydrogen-bond acceptors (Lipinski definition) is 5. The first-order chi connectivity index (χ1) is 14.0. The van der Waals surface area contributed by atoms with Crippen molar-refractivity contribution in [1.82, 2.24) is 5.32 Å². The molecule has 30 heavy (non-hydrogen) atoms. The molecule has 0 radical (unpaired) electrons. The predicted octanol–water partition coefficient (Wildman–Crippen LogP) is 3.51. The molecule has 0 spiro atoms. The lowest BCUT2D eigenvalue weighted by Gasteiger charge is -2.38. The van der Waals surface area contributed by atoms with Gasteiger partial charge < -0.3 is 26.4 Å². The maximum Gasteiger partial charge on any atom is 0.391 e. The summed E-state index contributed by atoms with van der Waals surface area (Å²) in [6.07, 6.45) is -2.34. The van der Waals surface area contributed by atoms with Crippen LogP contribution in [0.3, 0.4) is 0 Å². The summed E-state index contributed by atoms with van der Waals surface area (Å²) < 4.78 is 38.7. The Labute approximate surface area is 175 Å². The van der Waals surface area contributed by atoms with E-state index in [0.717, 1.165) is 0 Å². The lowest BCUT2D eigenvalue weighted by molar-refractivity contribution is -0.182. The van der Waals surface area contributed by atoms with Gasteiger partial charge in [-0.25, -0.2) is 0 Å². The number of carbonyl (C=O) groups is 1. The third-order valence-corrected chi connectivity index (χ3v) is 6.39. The number of nitrogens with one attached hydrogen (secondary N) is 2. The van der Waals surface area contributed by atoms with Crippen molar-refractivity contribution in [3.8, 4) is 0 Å². The number of carbonyl (C=O) groups excluding carboxylic acids is 1. The molecule has 1 saturated heterocycles. The minimum Gasteiger partial charge on any atom is -0.397 e. The fourth-order valence-corrected chi connectivity index (χ4v) is 4.32. The van der Waals surface area contributed by atoms with Crippen molar-refractivity contribution in [2.75, 3.05) is 36.1 Å². The summed E-state index contributed by atoms with van der Waals surface area (Å²) in [5.41, 5.74) is 7.61. The number of rotatable bonds is 4. The summed E-state index contributed by atoms with van der Waals surface area (Å²) in [5, 5.41) is 16.2. The third kappa shape index (κ3) is 5.11. The zero-order valence-corrected chi connectivity index (χ0v) is 17.5. The van der Waals surface area contributed by atoms with Crippen LogP contribution in [0.1, 0.15) is 55.8 Å². The second-order valence-electron chi connectivity index (χ2n) is 8.75. The van der Waals surface area contributed by atoms with E-state index >= 15 is 0 Å². The zero-order chi connectivity index (χ0) is 22.1. The van der Waals surface area contributed by atoms with E-state index < -0.39 is 17.7 Å². The van der Waals surface area contributed by atoms with Gasteiger partial charge in [0.2, 0.25) is 0 Å². The molecular weight excluding hydrogens is 397 g/mol. The second kappa shape index (κ2) is 8.53. The Morgan fingerprint density at radius 3 is 2.33 bits per heavy atom. The molecule has 1 aliphatic heterocycles. The molecule has 1 aromatic rings. The molecule has 6 nitrogen and oxygen atoms in total. The molecule has 1 aromatic carbocycles. The molecule has 1 aliphatic carbocycles. The van der Waals surface area contributed by atoms with E-state index in [1.165, 1.54) is 0 Å². The minimum atomic E-state index is -4.17. The summed E-state index contributed by atoms with van der Waals surface area (Å²) in [5.74, 6) is -1.61. The van der Waals surface area contributed by atoms with Crippen LogP contribution in [0.15, 0.2) is 12.1 Å². The molecule has 2 fully saturated rings. The van der Waals surface area contributed by atoms with Crippen molar-refractivity contribution in [1.29, 1.82) is 0 Å². The molecule has 1 saturated carbocycles. The quantitative estimate of drug-likeness (QED) is 0.551. The highest BCUT2D eigenvalue weighted by Crippen LogP contribution is 2.38. The van der Waals surface area contributed by atoms with Gasteiger partial charge in [0.25, 0.3) is 5.91 Å². The third-order valence-electron chi connectivity index (χ3n) is 6.39. The topological polar surface area (TPSA) is 90.6 Å². The highest BCUT2D eigenvalue weighted by molar-refractivity contribution is 6.02. The number of aliphatic hydroxyl groups is 1. The van der Waals surface area contributed by atoms with Crippen molar-refractivity contribution in [3.63, 3.8) is 0 Å². The fourth-order valence-electron chi connectivity index (χ4n) is 4.32. The van der Waals surface area contributed by atoms with E-state index in [0.29, 0.717) is 61.4 Å². The number of halogens is 3. The fraction of sp³-hybridized carbons (Fsp3) is 0.667. The molecule has 0 atom stereocenters. The van der Waals surface area contributed by atoms with Gasteiger partial charge in [0.15, 0.2) is 0 Å². The van der Waals surface area contributed by atoms with Gasteiger partial charge in [-0.15, -0.1) is 0 Å². The lowest BCUT2D eigenvalue weighted by atomic mass is 9.85. The average molecular weight is 428 g/mol. The molecule has 3 rings (SSSR count). The number of amides is 1. The van der Waals surface area contributed by atoms with Crippen molar-refractivity contribution in [2.24, 2.45) is 5.92 Å². The van der Waals surface area contributed by atoms with E-state index in [1.54, 1.807) is 20.0 Å². The van der Waals surface area contributed by atoms with Crippen molar-refractivity contribution in [3.05, 3.63) is 17.7 Å². The molecular formula is C21H31F3N4O2. The smallest absolute Gasteiger partial charge is 0.391 e. The van der Waals surface area contributed by atoms with Crippen LogP contribution in [0.2, 0.25) is 0 Å². The molecule has 0 unspecified atom stereocenters. The van der Waals surface area contributed by atoms with E-state index in [9.17, 15) is 23.1 Å². The Morgan fingerprint density at radius 1 is 1.20 bits per heavy atom. The normalized spacial score (nSPS) is 24.4. The Kier molecular flexibility index (Phi) is 6.40. The standard InChI is InChI=1S/C21H31F3N4O2/c1-20(30)7-9-28(10-8-20)18-12-17(26-2)16(25)11-15(18)19(29)27-14-5-3-13(4-6-14)21(22,23)24/h11-14,26,30H,3-10,25H2,1-2H3,(H,27,29). The van der Waals surface area contributed by atoms with Crippen LogP contribution in [0.5, 0.6) is 0 Å². The zero-order valence-electron chi connectivity index (χ0n) is 17.5. The summed E-state index contributed by atoms with van der Waals surface area (Å²) in [4.78, 5) is 15.1. The number of nitrogens with zero attached hydrogens (tertiary/aromatic N) is 1. The Hall–Kier alpha value is -2.16. The largest absolute Gasteiger partial charge is 0.397 e. The first kappa shape index (κ1) is 22.5. The van der Waals surface area contributed by atoms with Gasteiger partial charge in [-0.1, -0.05) is 0 Å². The number of hydrogen-bond donors (Lipinski definition) is 4. The molecule has 0 aromatic heterocycles. The van der Waals surface area contributed by atoms with Gasteiger partial charge in [0.1, 0.15) is 0 Å². The van der Waals surface area contributed by atoms with Gasteiger partial charge in [0.05, 0.1) is 34.1 Å². The van der Waals surface area contributed by atoms with Crippen LogP contribution in [-0.4, -0.2) is 49.0 Å². The first-order valence-electron chi connectivity index (χ1n) is 10.5. The van der Waals surface area contributed by atoms with Gasteiger partial charge in [0, 0.05) is 26.2 Å². The van der Waals surface area contributed by atoms with E-state index in [1.807, 2.05) is 11.0 Å². The molecule has 9 heteroatoms. The van der Waals surface area contributed by atoms with Crippen LogP contribution in [0.25, 0.3) is 0 Å². The monoisotopic (exact) mass is 428 g/mol. The predicted molar refractivity (Wildman–Crippen MR) is 112 cm³/mol. The highest BCUT2D eigenvalue weighted by Gasteiger charge is 2.41. The molecule has 168 valence electrons. The van der Waals surface area contributed by atoms with Crippen LogP contribution >= 0.6 is 0 Å². The summed E-state index contributed by atoms with van der Waals surface area (Å²) >= 11 is 0. The summed E-state index contributed by atoms with van der Waals surface area (Å²) in [6, 6.07) is 3.16. The maximum absolute atomic E-state index is 13.0. The van der Waals surface area contributed by atoms with Gasteiger partial charge >= 0.3 is 6.18 Å². The van der Waals surface area contributed by atoms with Crippen LogP contribution < -0.4 is 21.3 Å². The molecule has 1 amide bonds. The molecule has 5 N–H and O–H groups in total. The Bertz CT molecular complexity index is 764. The molecule has 1 heterocycles. The van der Waals surface area contributed by atoms with Crippen LogP contribution in [0.4, 0.5) is 30.2 Å². The van der Waals surface area contributed by atoms with Crippen molar-refractivity contribution >= 4 is 23.0 Å². The molecule has 2 aliphatic rings. The van der Waals surface area contributed by atoms with Gasteiger partial charge in [-0.3, -0.25) is 4.79 Å². The van der Waals surface area contributed by atoms with Crippen LogP contribution in [-0.2, 0) is 0 Å². The van der Waals surface area contributed by atoms with E-state index in [4.69, 9.17) is 5.73 Å². The average Bonchev–Trinajstić information content (AvgIpc) is 2.67. The van der Waals surface area contributed by atoms with E-state index in [-0.39, 0.29) is 24.8 Å². The van der Waals surface area contributed by atoms with E-state index in [2.05, 4.69) is 10.6 Å². The lowest BCUT2D eigenvalue weighted by Crippen LogP contribution is -2.44. The Balaban J connectivity index is 1.76. The van der Waals surface area contributed by atoms with Crippen molar-refractivity contribution < 1.29 is 23.1 Å². The second-order valence-corrected chi connectivity index (χ2v) is 8.75. The summed E-state index contributed by atoms with van der Waals surface area (Å²) in [6.45, 7) is 2.99. The summed E-state index contributed by atoms with van der Waals surface area (Å²) in [7, 11) is 1.75. The highest BCUT2D eigenvalue weighted by atomic mass is 19.4. The van der Waals surface area contributed by atoms with Crippen molar-refractivity contribution in [2.45, 2.75) is 63.3 Å². The first-order valence-corrected chi connectivity index (χ1v) is 10.5. The number of alkyl halides is 3. The molecule has 0 bridgehead atoms. The number of anilines is 3. The Morgan fingerprint density at radius 2 is 1.80 bits per heavy atom. The maximum atomic E-state index is 13.0. The minimum absolute atomic E-state index is 0.0311.